The summed E-state index contributed by atoms with van der Waals surface area (Å²) in [6.07, 6.45) is 3.85. The van der Waals surface area contributed by atoms with Gasteiger partial charge in [-0.05, 0) is 74.6 Å². The highest BCUT2D eigenvalue weighted by molar-refractivity contribution is 5.90. The Morgan fingerprint density at radius 1 is 0.860 bits per heavy atom. The molecule has 1 heterocycles. The molecule has 0 aromatic heterocycles. The predicted molar refractivity (Wildman–Crippen MR) is 235 cm³/mol. The number of ether oxygens (including phenoxy) is 2. The van der Waals surface area contributed by atoms with E-state index in [-0.39, 0.29) is 68.8 Å². The van der Waals surface area contributed by atoms with Gasteiger partial charge in [0, 0.05) is 63.0 Å². The van der Waals surface area contributed by atoms with Crippen molar-refractivity contribution in [2.24, 2.45) is 23.7 Å². The molecule has 1 aromatic carbocycles. The van der Waals surface area contributed by atoms with Crippen LogP contribution in [0.3, 0.4) is 0 Å². The standard InChI is InChI=1S/C45H80N6O6.2H2/c1-16-31(8)41(50(13)45(55)39(29(4)5)47-44(54)40(30(6)7)49(12)34(17-2)18-3)37(56-14)28-38(52)51-27-19-20-36(51)42(57-15)32(9)43(53)46-26-25-33-21-23-35(24-22-33)48(10)11;;/h21-24,29-32,34,36-37,39-42H,16-20,25-28H2,1-15H3,(H,46,53)(H,47,54);2*1H/t31-,32+,36-,37+,39-,40-,41-,42+;;/m0../s1. The number of anilines is 1. The lowest BCUT2D eigenvalue weighted by molar-refractivity contribution is -0.148. The molecule has 2 rings (SSSR count). The monoisotopic (exact) mass is 805 g/mol. The first-order chi connectivity index (χ1) is 26.9. The first kappa shape index (κ1) is 49.9. The Morgan fingerprint density at radius 2 is 1.47 bits per heavy atom. The van der Waals surface area contributed by atoms with Crippen LogP contribution in [0.4, 0.5) is 5.69 Å². The average Bonchev–Trinajstić information content (AvgIpc) is 3.66. The van der Waals surface area contributed by atoms with E-state index < -0.39 is 30.2 Å². The molecular formula is C45H84N6O6. The van der Waals surface area contributed by atoms with Crippen molar-refractivity contribution in [3.05, 3.63) is 29.8 Å². The summed E-state index contributed by atoms with van der Waals surface area (Å²) in [7, 11) is 11.0. The minimum atomic E-state index is -0.750. The van der Waals surface area contributed by atoms with E-state index in [4.69, 9.17) is 9.47 Å². The van der Waals surface area contributed by atoms with E-state index in [0.717, 1.165) is 43.4 Å². The van der Waals surface area contributed by atoms with Crippen molar-refractivity contribution in [1.82, 2.24) is 25.3 Å². The molecule has 0 unspecified atom stereocenters. The molecule has 57 heavy (non-hydrogen) atoms. The zero-order chi connectivity index (χ0) is 43.1. The number of likely N-dealkylation sites (N-methyl/N-ethyl adjacent to an activating group) is 2. The van der Waals surface area contributed by atoms with Crippen LogP contribution in [0.1, 0.15) is 109 Å². The fourth-order valence-electron chi connectivity index (χ4n) is 8.78. The molecular weight excluding hydrogens is 721 g/mol. The molecule has 12 nitrogen and oxygen atoms in total. The molecule has 330 valence electrons. The normalized spacial score (nSPS) is 18.3. The fraction of sp³-hybridized carbons (Fsp3) is 0.778. The second-order valence-electron chi connectivity index (χ2n) is 17.2. The highest BCUT2D eigenvalue weighted by Crippen LogP contribution is 2.30. The van der Waals surface area contributed by atoms with Crippen LogP contribution in [0.5, 0.6) is 0 Å². The molecule has 1 saturated heterocycles. The summed E-state index contributed by atoms with van der Waals surface area (Å²) in [6.45, 7) is 19.3. The van der Waals surface area contributed by atoms with Crippen LogP contribution in [0, 0.1) is 23.7 Å². The molecule has 0 spiro atoms. The van der Waals surface area contributed by atoms with Crippen molar-refractivity contribution in [2.75, 3.05) is 60.4 Å². The fourth-order valence-corrected chi connectivity index (χ4v) is 8.78. The Balaban J connectivity index is 0.0000168. The quantitative estimate of drug-likeness (QED) is 0.128. The smallest absolute Gasteiger partial charge is 0.245 e. The Morgan fingerprint density at radius 3 is 1.96 bits per heavy atom. The lowest BCUT2D eigenvalue weighted by Gasteiger charge is -2.41. The van der Waals surface area contributed by atoms with E-state index in [2.05, 4.69) is 72.4 Å². The number of nitrogens with zero attached hydrogens (tertiary/aromatic N) is 4. The van der Waals surface area contributed by atoms with E-state index in [9.17, 15) is 19.2 Å². The van der Waals surface area contributed by atoms with Crippen LogP contribution in [0.15, 0.2) is 24.3 Å². The molecule has 8 atom stereocenters. The molecule has 2 N–H and O–H groups in total. The van der Waals surface area contributed by atoms with Crippen molar-refractivity contribution in [2.45, 2.75) is 150 Å². The molecule has 12 heteroatoms. The maximum absolute atomic E-state index is 14.5. The molecule has 1 fully saturated rings. The molecule has 0 radical (unpaired) electrons. The van der Waals surface area contributed by atoms with Crippen LogP contribution in [0.2, 0.25) is 0 Å². The van der Waals surface area contributed by atoms with Gasteiger partial charge >= 0.3 is 0 Å². The van der Waals surface area contributed by atoms with Crippen LogP contribution in [0.25, 0.3) is 0 Å². The molecule has 1 aromatic rings. The summed E-state index contributed by atoms with van der Waals surface area (Å²) in [5.41, 5.74) is 2.27. The first-order valence-corrected chi connectivity index (χ1v) is 21.6. The van der Waals surface area contributed by atoms with Crippen LogP contribution in [-0.4, -0.2) is 136 Å². The topological polar surface area (TPSA) is 124 Å². The average molecular weight is 805 g/mol. The van der Waals surface area contributed by atoms with Crippen molar-refractivity contribution < 1.29 is 31.5 Å². The first-order valence-electron chi connectivity index (χ1n) is 21.6. The Bertz CT molecular complexity index is 1400. The summed E-state index contributed by atoms with van der Waals surface area (Å²) in [4.78, 5) is 63.8. The summed E-state index contributed by atoms with van der Waals surface area (Å²) in [6, 6.07) is 6.73. The van der Waals surface area contributed by atoms with Gasteiger partial charge in [-0.15, -0.1) is 0 Å². The third-order valence-electron chi connectivity index (χ3n) is 12.5. The number of likely N-dealkylation sites (tertiary alicyclic amines) is 1. The van der Waals surface area contributed by atoms with Gasteiger partial charge in [0.1, 0.15) is 6.04 Å². The third-order valence-corrected chi connectivity index (χ3v) is 12.5. The van der Waals surface area contributed by atoms with Gasteiger partial charge in [-0.2, -0.15) is 0 Å². The number of methoxy groups -OCH3 is 2. The summed E-state index contributed by atoms with van der Waals surface area (Å²) in [5.74, 6) is -1.14. The molecule has 1 aliphatic heterocycles. The van der Waals surface area contributed by atoms with Gasteiger partial charge in [-0.3, -0.25) is 24.1 Å². The second-order valence-corrected chi connectivity index (χ2v) is 17.2. The maximum Gasteiger partial charge on any atom is 0.245 e. The van der Waals surface area contributed by atoms with E-state index >= 15 is 0 Å². The summed E-state index contributed by atoms with van der Waals surface area (Å²) >= 11 is 0. The molecule has 0 saturated carbocycles. The zero-order valence-electron chi connectivity index (χ0n) is 38.3. The number of hydrogen-bond acceptors (Lipinski definition) is 8. The number of carbonyl (C=O) groups excluding carboxylic acids is 4. The molecule has 4 amide bonds. The number of amides is 4. The lowest BCUT2D eigenvalue weighted by atomic mass is 9.89. The van der Waals surface area contributed by atoms with Crippen molar-refractivity contribution >= 4 is 29.3 Å². The van der Waals surface area contributed by atoms with Crippen LogP contribution < -0.4 is 15.5 Å². The number of benzene rings is 1. The Hall–Kier alpha value is -3.22. The van der Waals surface area contributed by atoms with Gasteiger partial charge in [0.15, 0.2) is 0 Å². The van der Waals surface area contributed by atoms with E-state index in [0.29, 0.717) is 19.5 Å². The van der Waals surface area contributed by atoms with Gasteiger partial charge in [-0.25, -0.2) is 0 Å². The molecule has 0 aliphatic carbocycles. The highest BCUT2D eigenvalue weighted by atomic mass is 16.5. The maximum atomic E-state index is 14.5. The molecule has 0 bridgehead atoms. The van der Waals surface area contributed by atoms with E-state index in [1.54, 1.807) is 26.2 Å². The van der Waals surface area contributed by atoms with Crippen LogP contribution >= 0.6 is 0 Å². The highest BCUT2D eigenvalue weighted by Gasteiger charge is 2.43. The van der Waals surface area contributed by atoms with Gasteiger partial charge < -0.3 is 34.8 Å². The number of nitrogens with one attached hydrogen (secondary N) is 2. The predicted octanol–water partition coefficient (Wildman–Crippen LogP) is 6.11. The van der Waals surface area contributed by atoms with E-state index in [1.165, 1.54) is 0 Å². The van der Waals surface area contributed by atoms with Gasteiger partial charge in [0.25, 0.3) is 0 Å². The minimum absolute atomic E-state index is 0. The van der Waals surface area contributed by atoms with Crippen molar-refractivity contribution in [3.8, 4) is 0 Å². The number of carbonyl (C=O) groups is 4. The Kier molecular flexibility index (Phi) is 21.0. The van der Waals surface area contributed by atoms with Gasteiger partial charge in [-0.1, -0.05) is 80.9 Å². The minimum Gasteiger partial charge on any atom is -0.379 e. The molecule has 1 aliphatic rings. The second kappa shape index (κ2) is 24.0. The van der Waals surface area contributed by atoms with Crippen molar-refractivity contribution in [1.29, 1.82) is 0 Å². The van der Waals surface area contributed by atoms with Gasteiger partial charge in [0.2, 0.25) is 23.6 Å². The van der Waals surface area contributed by atoms with E-state index in [1.807, 2.05) is 60.7 Å². The van der Waals surface area contributed by atoms with Gasteiger partial charge in [0.05, 0.1) is 42.7 Å². The largest absolute Gasteiger partial charge is 0.379 e. The number of rotatable bonds is 24. The Labute approximate surface area is 349 Å². The van der Waals surface area contributed by atoms with Crippen LogP contribution in [-0.2, 0) is 35.1 Å². The number of hydrogen-bond donors (Lipinski definition) is 2. The van der Waals surface area contributed by atoms with Crippen molar-refractivity contribution in [3.63, 3.8) is 0 Å². The lowest BCUT2D eigenvalue weighted by Crippen LogP contribution is -2.60. The summed E-state index contributed by atoms with van der Waals surface area (Å²) in [5, 5.41) is 6.24. The summed E-state index contributed by atoms with van der Waals surface area (Å²) < 4.78 is 12.1. The zero-order valence-corrected chi connectivity index (χ0v) is 38.3. The third kappa shape index (κ3) is 13.4. The SMILES string of the molecule is CCC(CC)N(C)[C@H](C(=O)N[C@H](C(=O)N(C)[C@@H]([C@@H](C)CC)[C@@H](CC(=O)N1CCC[C@H]1[C@H](OC)[C@@H](C)C(=O)NCCc1ccc(N(C)C)cc1)OC)C(C)C)C(C)C.[HH].[HH].